The van der Waals surface area contributed by atoms with Gasteiger partial charge in [0.05, 0.1) is 27.4 Å². The zero-order valence-electron chi connectivity index (χ0n) is 17.5. The van der Waals surface area contributed by atoms with E-state index in [2.05, 4.69) is 15.8 Å². The summed E-state index contributed by atoms with van der Waals surface area (Å²) < 4.78 is 46.6. The van der Waals surface area contributed by atoms with Crippen molar-refractivity contribution in [3.05, 3.63) is 18.7 Å². The summed E-state index contributed by atoms with van der Waals surface area (Å²) in [5, 5.41) is 0. The first-order valence-corrected chi connectivity index (χ1v) is 10.9. The molecule has 0 N–H and O–H groups in total. The quantitative estimate of drug-likeness (QED) is 0.120. The number of methoxy groups -OCH3 is 1. The molecule has 29 heavy (non-hydrogen) atoms. The number of carbonyl (C=O) groups is 2. The Bertz CT molecular complexity index is 702. The average molecular weight is 437 g/mol. The maximum absolute atomic E-state index is 11.6. The molecule has 1 aromatic rings. The topological polar surface area (TPSA) is 128 Å². The number of aromatic nitrogens is 2. The van der Waals surface area contributed by atoms with E-state index in [9.17, 15) is 22.6 Å². The van der Waals surface area contributed by atoms with E-state index in [1.54, 1.807) is 37.3 Å². The largest absolute Gasteiger partial charge is 0.726 e. The van der Waals surface area contributed by atoms with E-state index in [1.807, 2.05) is 0 Å². The van der Waals surface area contributed by atoms with Gasteiger partial charge in [0, 0.05) is 0 Å². The molecule has 0 aliphatic heterocycles. The van der Waals surface area contributed by atoms with Crippen LogP contribution >= 0.6 is 0 Å². The molecule has 168 valence electrons. The molecule has 0 bridgehead atoms. The van der Waals surface area contributed by atoms with Gasteiger partial charge in [-0.05, 0) is 13.3 Å². The molecule has 1 heterocycles. The number of carbonyl (C=O) groups excluding carboxylic acids is 2. The number of unbranched alkanes of at least 4 members (excludes halogenated alkanes) is 5. The van der Waals surface area contributed by atoms with E-state index in [1.165, 1.54) is 30.9 Å². The van der Waals surface area contributed by atoms with Gasteiger partial charge >= 0.3 is 11.9 Å². The predicted molar refractivity (Wildman–Crippen MR) is 102 cm³/mol. The summed E-state index contributed by atoms with van der Waals surface area (Å²) in [5.74, 6) is -1.26. The highest BCUT2D eigenvalue weighted by atomic mass is 32.3. The fraction of sp³-hybridized carbons (Fsp3) is 0.722. The number of rotatable bonds is 12. The normalized spacial score (nSPS) is 11.9. The van der Waals surface area contributed by atoms with Crippen LogP contribution in [-0.2, 0) is 40.7 Å². The average Bonchev–Trinajstić information content (AvgIpc) is 3.06. The van der Waals surface area contributed by atoms with Gasteiger partial charge in [0.15, 0.2) is 0 Å². The van der Waals surface area contributed by atoms with Crippen molar-refractivity contribution in [1.29, 1.82) is 0 Å². The van der Waals surface area contributed by atoms with Gasteiger partial charge in [-0.2, -0.15) is 0 Å². The molecule has 1 aromatic heterocycles. The Balaban J connectivity index is 0.000000555. The number of hydrogen-bond acceptors (Lipinski definition) is 8. The Morgan fingerprint density at radius 1 is 1.10 bits per heavy atom. The van der Waals surface area contributed by atoms with Crippen LogP contribution in [0.1, 0.15) is 58.4 Å². The first kappa shape index (κ1) is 27.0. The summed E-state index contributed by atoms with van der Waals surface area (Å²) in [5.41, 5.74) is 0. The zero-order chi connectivity index (χ0) is 22.3. The maximum Gasteiger partial charge on any atom is 0.363 e. The maximum atomic E-state index is 11.6. The lowest BCUT2D eigenvalue weighted by atomic mass is 10.1. The van der Waals surface area contributed by atoms with E-state index < -0.39 is 28.4 Å². The summed E-state index contributed by atoms with van der Waals surface area (Å²) in [6.07, 6.45) is 11.1. The van der Waals surface area contributed by atoms with Crippen LogP contribution in [0.25, 0.3) is 0 Å². The van der Waals surface area contributed by atoms with Gasteiger partial charge in [-0.15, -0.1) is 0 Å². The lowest BCUT2D eigenvalue weighted by molar-refractivity contribution is -0.671. The molecular formula is C18H32N2O8S. The minimum absolute atomic E-state index is 0.0258. The summed E-state index contributed by atoms with van der Waals surface area (Å²) in [6.45, 7) is 4.06. The van der Waals surface area contributed by atoms with E-state index >= 15 is 0 Å². The van der Waals surface area contributed by atoms with Crippen molar-refractivity contribution in [1.82, 2.24) is 4.57 Å². The lowest BCUT2D eigenvalue weighted by Gasteiger charge is -2.09. The zero-order valence-corrected chi connectivity index (χ0v) is 18.4. The summed E-state index contributed by atoms with van der Waals surface area (Å²) >= 11 is 0. The third kappa shape index (κ3) is 13.0. The summed E-state index contributed by atoms with van der Waals surface area (Å²) in [4.78, 5) is 23.1. The molecular weight excluding hydrogens is 404 g/mol. The highest BCUT2D eigenvalue weighted by Crippen LogP contribution is 2.10. The Kier molecular flexibility index (Phi) is 13.9. The van der Waals surface area contributed by atoms with Crippen molar-refractivity contribution < 1.29 is 40.8 Å². The van der Waals surface area contributed by atoms with Crippen molar-refractivity contribution in [3.8, 4) is 0 Å². The molecule has 1 rings (SSSR count). The second-order valence-corrected chi connectivity index (χ2v) is 7.25. The number of hydrogen-bond donors (Lipinski definition) is 0. The second kappa shape index (κ2) is 14.9. The Morgan fingerprint density at radius 2 is 1.72 bits per heavy atom. The van der Waals surface area contributed by atoms with Gasteiger partial charge in [-0.25, -0.2) is 27.1 Å². The van der Waals surface area contributed by atoms with Crippen molar-refractivity contribution in [2.75, 3.05) is 20.3 Å². The Labute approximate surface area is 172 Å². The van der Waals surface area contributed by atoms with Crippen molar-refractivity contribution >= 4 is 22.3 Å². The summed E-state index contributed by atoms with van der Waals surface area (Å²) in [6, 6.07) is -1.08. The standard InChI is InChI=1S/C10H15N2O4.C8H18O4S/c1-4-16-10(14)8(9(13)15-3)12-6-5-11(2)7-12;1-2-3-4-5-6-7-8-12-13(9,10)11/h5-8H,4H2,1-3H3;2-8H2,1H3,(H,9,10,11)/q+1;/p-1. The van der Waals surface area contributed by atoms with Gasteiger partial charge in [-0.1, -0.05) is 39.0 Å². The molecule has 1 atom stereocenters. The second-order valence-electron chi connectivity index (χ2n) is 6.20. The van der Waals surface area contributed by atoms with Crippen LogP contribution in [0.5, 0.6) is 0 Å². The molecule has 0 amide bonds. The first-order chi connectivity index (χ1) is 13.7. The van der Waals surface area contributed by atoms with Crippen LogP contribution < -0.4 is 4.57 Å². The molecule has 0 spiro atoms. The van der Waals surface area contributed by atoms with Gasteiger partial charge in [0.25, 0.3) is 6.04 Å². The molecule has 0 fully saturated rings. The molecule has 10 nitrogen and oxygen atoms in total. The van der Waals surface area contributed by atoms with E-state index in [-0.39, 0.29) is 13.2 Å². The van der Waals surface area contributed by atoms with E-state index in [4.69, 9.17) is 4.74 Å². The number of aryl methyl sites for hydroxylation is 1. The van der Waals surface area contributed by atoms with Gasteiger partial charge in [0.1, 0.15) is 12.4 Å². The Hall–Kier alpha value is -1.98. The third-order valence-corrected chi connectivity index (χ3v) is 4.20. The molecule has 0 aliphatic carbocycles. The minimum atomic E-state index is -4.47. The van der Waals surface area contributed by atoms with Gasteiger partial charge < -0.3 is 14.0 Å². The van der Waals surface area contributed by atoms with Crippen LogP contribution in [0.2, 0.25) is 0 Å². The van der Waals surface area contributed by atoms with Crippen LogP contribution in [-0.4, -0.2) is 49.8 Å². The monoisotopic (exact) mass is 436 g/mol. The van der Waals surface area contributed by atoms with Crippen LogP contribution in [0, 0.1) is 0 Å². The van der Waals surface area contributed by atoms with Gasteiger partial charge in [-0.3, -0.25) is 4.18 Å². The fourth-order valence-electron chi connectivity index (χ4n) is 2.34. The lowest BCUT2D eigenvalue weighted by Crippen LogP contribution is -2.32. The molecule has 0 radical (unpaired) electrons. The molecule has 1 unspecified atom stereocenters. The number of esters is 2. The van der Waals surface area contributed by atoms with E-state index in [0.29, 0.717) is 6.42 Å². The van der Waals surface area contributed by atoms with E-state index in [0.717, 1.165) is 12.8 Å². The number of nitrogens with zero attached hydrogens (tertiary/aromatic N) is 2. The Morgan fingerprint density at radius 3 is 2.21 bits per heavy atom. The summed E-state index contributed by atoms with van der Waals surface area (Å²) in [7, 11) is -1.45. The van der Waals surface area contributed by atoms with Crippen LogP contribution in [0.15, 0.2) is 18.7 Å². The smallest absolute Gasteiger partial charge is 0.363 e. The van der Waals surface area contributed by atoms with Crippen LogP contribution in [0.3, 0.4) is 0 Å². The SMILES string of the molecule is CCCCCCCCOS(=O)(=O)[O-].CCOC(=O)C(C(=O)OC)n1cc[n+](C)c1. The van der Waals surface area contributed by atoms with Crippen molar-refractivity contribution in [2.24, 2.45) is 7.05 Å². The molecule has 11 heteroatoms. The first-order valence-electron chi connectivity index (χ1n) is 9.53. The number of imidazole rings is 1. The molecule has 0 aliphatic rings. The fourth-order valence-corrected chi connectivity index (χ4v) is 2.66. The molecule has 0 aromatic carbocycles. The minimum Gasteiger partial charge on any atom is -0.726 e. The van der Waals surface area contributed by atoms with Crippen LogP contribution in [0.4, 0.5) is 0 Å². The van der Waals surface area contributed by atoms with Crippen molar-refractivity contribution in [3.63, 3.8) is 0 Å². The highest BCUT2D eigenvalue weighted by Gasteiger charge is 2.35. The molecule has 0 saturated carbocycles. The highest BCUT2D eigenvalue weighted by molar-refractivity contribution is 7.80. The number of ether oxygens (including phenoxy) is 2. The van der Waals surface area contributed by atoms with Gasteiger partial charge in [0.2, 0.25) is 16.7 Å². The van der Waals surface area contributed by atoms with Crippen molar-refractivity contribution in [2.45, 2.75) is 58.4 Å². The molecule has 0 saturated heterocycles. The third-order valence-electron chi connectivity index (χ3n) is 3.75. The predicted octanol–water partition coefficient (Wildman–Crippen LogP) is 1.41.